The topological polar surface area (TPSA) is 46.3 Å². The minimum atomic E-state index is -0.0741. The van der Waals surface area contributed by atoms with Crippen LogP contribution in [0, 0.1) is 12.8 Å². The number of hydrogen-bond acceptors (Lipinski definition) is 3. The summed E-state index contributed by atoms with van der Waals surface area (Å²) in [5, 5.41) is 3.72. The minimum absolute atomic E-state index is 0.0741. The molecule has 0 N–H and O–H groups in total. The average Bonchev–Trinajstić information content (AvgIpc) is 2.98. The van der Waals surface area contributed by atoms with E-state index in [0.717, 1.165) is 5.69 Å². The first-order chi connectivity index (χ1) is 7.09. The number of aromatic nitrogens is 1. The first-order valence-corrected chi connectivity index (χ1v) is 5.30. The van der Waals surface area contributed by atoms with E-state index in [9.17, 15) is 4.79 Å². The number of nitrogens with zero attached hydrogens (tertiary/aromatic N) is 2. The van der Waals surface area contributed by atoms with Crippen LogP contribution < -0.4 is 0 Å². The number of aryl methyl sites for hydroxylation is 1. The normalized spacial score (nSPS) is 17.5. The molecule has 1 atom stereocenters. The van der Waals surface area contributed by atoms with Crippen molar-refractivity contribution in [1.82, 2.24) is 10.1 Å². The van der Waals surface area contributed by atoms with Gasteiger partial charge in [-0.15, -0.1) is 0 Å². The molecule has 1 aromatic heterocycles. The molecule has 1 saturated carbocycles. The summed E-state index contributed by atoms with van der Waals surface area (Å²) in [7, 11) is 1.82. The summed E-state index contributed by atoms with van der Waals surface area (Å²) in [6.45, 7) is 3.89. The van der Waals surface area contributed by atoms with Crippen molar-refractivity contribution in [3.63, 3.8) is 0 Å². The van der Waals surface area contributed by atoms with Gasteiger partial charge in [0.15, 0.2) is 0 Å². The van der Waals surface area contributed by atoms with Crippen molar-refractivity contribution in [2.45, 2.75) is 32.7 Å². The van der Waals surface area contributed by atoms with Crippen LogP contribution >= 0.6 is 0 Å². The Morgan fingerprint density at radius 1 is 1.67 bits per heavy atom. The van der Waals surface area contributed by atoms with Crippen LogP contribution in [0.3, 0.4) is 0 Å². The minimum Gasteiger partial charge on any atom is -0.351 e. The van der Waals surface area contributed by atoms with Gasteiger partial charge in [0.1, 0.15) is 0 Å². The van der Waals surface area contributed by atoms with E-state index < -0.39 is 0 Å². The number of rotatable bonds is 3. The standard InChI is InChI=1S/C11H16N2O2/c1-7-6-10(15-12-7)11(14)13(3)8(2)9-4-5-9/h6,8-9H,4-5H2,1-3H3/t8-/m1/s1. The fraction of sp³-hybridized carbons (Fsp3) is 0.636. The summed E-state index contributed by atoms with van der Waals surface area (Å²) < 4.78 is 4.96. The van der Waals surface area contributed by atoms with Crippen molar-refractivity contribution in [2.24, 2.45) is 5.92 Å². The van der Waals surface area contributed by atoms with E-state index in [4.69, 9.17) is 4.52 Å². The molecule has 1 aromatic rings. The van der Waals surface area contributed by atoms with Gasteiger partial charge >= 0.3 is 0 Å². The monoisotopic (exact) mass is 208 g/mol. The zero-order valence-corrected chi connectivity index (χ0v) is 9.36. The second kappa shape index (κ2) is 3.68. The van der Waals surface area contributed by atoms with Gasteiger partial charge < -0.3 is 9.42 Å². The zero-order valence-electron chi connectivity index (χ0n) is 9.36. The van der Waals surface area contributed by atoms with Gasteiger partial charge in [-0.05, 0) is 32.6 Å². The highest BCUT2D eigenvalue weighted by molar-refractivity contribution is 5.91. The van der Waals surface area contributed by atoms with Gasteiger partial charge in [0.05, 0.1) is 5.69 Å². The van der Waals surface area contributed by atoms with Crippen LogP contribution in [0.25, 0.3) is 0 Å². The summed E-state index contributed by atoms with van der Waals surface area (Å²) >= 11 is 0. The molecule has 0 aliphatic heterocycles. The SMILES string of the molecule is Cc1cc(C(=O)N(C)[C@H](C)C2CC2)on1. The molecule has 15 heavy (non-hydrogen) atoms. The summed E-state index contributed by atoms with van der Waals surface area (Å²) in [5.41, 5.74) is 0.742. The molecule has 0 radical (unpaired) electrons. The molecule has 1 aliphatic carbocycles. The predicted octanol–water partition coefficient (Wildman–Crippen LogP) is 1.85. The second-order valence-corrected chi connectivity index (χ2v) is 4.33. The third kappa shape index (κ3) is 2.03. The molecule has 1 amide bonds. The maximum absolute atomic E-state index is 11.9. The van der Waals surface area contributed by atoms with Crippen molar-refractivity contribution < 1.29 is 9.32 Å². The molecule has 0 bridgehead atoms. The fourth-order valence-electron chi connectivity index (χ4n) is 1.72. The van der Waals surface area contributed by atoms with Gasteiger partial charge in [-0.25, -0.2) is 0 Å². The smallest absolute Gasteiger partial charge is 0.292 e. The van der Waals surface area contributed by atoms with E-state index in [2.05, 4.69) is 12.1 Å². The van der Waals surface area contributed by atoms with Crippen LogP contribution in [0.4, 0.5) is 0 Å². The largest absolute Gasteiger partial charge is 0.351 e. The Labute approximate surface area is 89.2 Å². The lowest BCUT2D eigenvalue weighted by atomic mass is 10.2. The fourth-order valence-corrected chi connectivity index (χ4v) is 1.72. The van der Waals surface area contributed by atoms with Crippen molar-refractivity contribution in [2.75, 3.05) is 7.05 Å². The van der Waals surface area contributed by atoms with E-state index >= 15 is 0 Å². The van der Waals surface area contributed by atoms with Crippen molar-refractivity contribution >= 4 is 5.91 Å². The molecule has 4 heteroatoms. The van der Waals surface area contributed by atoms with Gasteiger partial charge in [-0.3, -0.25) is 4.79 Å². The lowest BCUT2D eigenvalue weighted by molar-refractivity contribution is 0.0685. The highest BCUT2D eigenvalue weighted by atomic mass is 16.5. The van der Waals surface area contributed by atoms with Gasteiger partial charge in [-0.2, -0.15) is 0 Å². The second-order valence-electron chi connectivity index (χ2n) is 4.33. The molecule has 0 unspecified atom stereocenters. The molecule has 1 fully saturated rings. The van der Waals surface area contributed by atoms with E-state index in [0.29, 0.717) is 17.7 Å². The van der Waals surface area contributed by atoms with E-state index in [1.807, 2.05) is 14.0 Å². The molecular formula is C11H16N2O2. The molecule has 0 aromatic carbocycles. The molecule has 82 valence electrons. The molecule has 1 heterocycles. The molecular weight excluding hydrogens is 192 g/mol. The Hall–Kier alpha value is -1.32. The van der Waals surface area contributed by atoms with Crippen LogP contribution in [-0.2, 0) is 0 Å². The molecule has 0 spiro atoms. The first kappa shape index (κ1) is 10.2. The quantitative estimate of drug-likeness (QED) is 0.761. The lowest BCUT2D eigenvalue weighted by Gasteiger charge is -2.23. The zero-order chi connectivity index (χ0) is 11.0. The third-order valence-electron chi connectivity index (χ3n) is 3.07. The van der Waals surface area contributed by atoms with Crippen LogP contribution in [0.5, 0.6) is 0 Å². The number of hydrogen-bond donors (Lipinski definition) is 0. The molecule has 2 rings (SSSR count). The van der Waals surface area contributed by atoms with Gasteiger partial charge in [0.25, 0.3) is 5.91 Å². The maximum atomic E-state index is 11.9. The predicted molar refractivity (Wildman–Crippen MR) is 55.5 cm³/mol. The summed E-state index contributed by atoms with van der Waals surface area (Å²) in [5.74, 6) is 0.931. The summed E-state index contributed by atoms with van der Waals surface area (Å²) in [6, 6.07) is 1.97. The number of amides is 1. The summed E-state index contributed by atoms with van der Waals surface area (Å²) in [4.78, 5) is 13.7. The Bertz CT molecular complexity index is 368. The summed E-state index contributed by atoms with van der Waals surface area (Å²) in [6.07, 6.45) is 2.46. The first-order valence-electron chi connectivity index (χ1n) is 5.30. The number of carbonyl (C=O) groups is 1. The molecule has 1 aliphatic rings. The molecule has 0 saturated heterocycles. The van der Waals surface area contributed by atoms with Crippen molar-refractivity contribution in [3.05, 3.63) is 17.5 Å². The van der Waals surface area contributed by atoms with Crippen LogP contribution in [0.15, 0.2) is 10.6 Å². The average molecular weight is 208 g/mol. The third-order valence-corrected chi connectivity index (χ3v) is 3.07. The Morgan fingerprint density at radius 3 is 2.80 bits per heavy atom. The number of carbonyl (C=O) groups excluding carboxylic acids is 1. The van der Waals surface area contributed by atoms with Gasteiger partial charge in [0.2, 0.25) is 5.76 Å². The highest BCUT2D eigenvalue weighted by Gasteiger charge is 2.33. The van der Waals surface area contributed by atoms with Gasteiger partial charge in [0, 0.05) is 19.2 Å². The van der Waals surface area contributed by atoms with E-state index in [-0.39, 0.29) is 5.91 Å². The van der Waals surface area contributed by atoms with Crippen LogP contribution in [0.1, 0.15) is 36.0 Å². The van der Waals surface area contributed by atoms with E-state index in [1.165, 1.54) is 12.8 Å². The Morgan fingerprint density at radius 2 is 2.33 bits per heavy atom. The Kier molecular flexibility index (Phi) is 2.50. The highest BCUT2D eigenvalue weighted by Crippen LogP contribution is 2.35. The Balaban J connectivity index is 2.06. The van der Waals surface area contributed by atoms with Crippen molar-refractivity contribution in [1.29, 1.82) is 0 Å². The van der Waals surface area contributed by atoms with Crippen LogP contribution in [0.2, 0.25) is 0 Å². The maximum Gasteiger partial charge on any atom is 0.292 e. The van der Waals surface area contributed by atoms with E-state index in [1.54, 1.807) is 11.0 Å². The van der Waals surface area contributed by atoms with Gasteiger partial charge in [-0.1, -0.05) is 5.16 Å². The lowest BCUT2D eigenvalue weighted by Crippen LogP contribution is -2.36. The molecule has 4 nitrogen and oxygen atoms in total. The van der Waals surface area contributed by atoms with Crippen LogP contribution in [-0.4, -0.2) is 29.1 Å². The van der Waals surface area contributed by atoms with Crippen molar-refractivity contribution in [3.8, 4) is 0 Å².